The fourth-order valence-corrected chi connectivity index (χ4v) is 8.66. The van der Waals surface area contributed by atoms with E-state index in [2.05, 4.69) is 0 Å². The SMILES string of the molecule is CCN(CC)C(=O)c1cc(C)cc(OC)c1S(=O)(=O)CC(C)(C)c1ccccc1.CCN(CC)C(=O)c1cc(C)cc(OC)c1S(N)(=O)=O. The first-order chi connectivity index (χ1) is 22.8. The summed E-state index contributed by atoms with van der Waals surface area (Å²) in [7, 11) is -5.11. The van der Waals surface area contributed by atoms with Gasteiger partial charge in [-0.1, -0.05) is 44.2 Å². The van der Waals surface area contributed by atoms with Crippen LogP contribution in [0.1, 0.15) is 78.9 Å². The van der Waals surface area contributed by atoms with Crippen molar-refractivity contribution >= 4 is 31.7 Å². The van der Waals surface area contributed by atoms with Crippen LogP contribution in [0, 0.1) is 13.8 Å². The summed E-state index contributed by atoms with van der Waals surface area (Å²) in [6.07, 6.45) is 0. The topological polar surface area (TPSA) is 153 Å². The lowest BCUT2D eigenvalue weighted by Crippen LogP contribution is -2.33. The first-order valence-electron chi connectivity index (χ1n) is 16.1. The zero-order valence-corrected chi connectivity index (χ0v) is 31.9. The molecule has 0 aromatic heterocycles. The summed E-state index contributed by atoms with van der Waals surface area (Å²) in [6, 6.07) is 15.9. The molecule has 3 aromatic rings. The van der Waals surface area contributed by atoms with Crippen LogP contribution < -0.4 is 14.6 Å². The normalized spacial score (nSPS) is 11.7. The van der Waals surface area contributed by atoms with Crippen LogP contribution in [0.3, 0.4) is 0 Å². The number of hydrogen-bond acceptors (Lipinski definition) is 8. The van der Waals surface area contributed by atoms with Gasteiger partial charge in [-0.3, -0.25) is 9.59 Å². The van der Waals surface area contributed by atoms with Crippen LogP contribution >= 0.6 is 0 Å². The Morgan fingerprint density at radius 1 is 0.694 bits per heavy atom. The van der Waals surface area contributed by atoms with Crippen molar-refractivity contribution in [2.45, 2.75) is 70.6 Å². The van der Waals surface area contributed by atoms with E-state index >= 15 is 0 Å². The van der Waals surface area contributed by atoms with E-state index in [-0.39, 0.29) is 50.0 Å². The van der Waals surface area contributed by atoms with Gasteiger partial charge in [0.2, 0.25) is 10.0 Å². The molecule has 0 fully saturated rings. The van der Waals surface area contributed by atoms with E-state index < -0.39 is 25.3 Å². The Balaban J connectivity index is 0.000000365. The number of amides is 2. The van der Waals surface area contributed by atoms with E-state index in [9.17, 15) is 26.4 Å². The molecule has 0 bridgehead atoms. The first-order valence-corrected chi connectivity index (χ1v) is 19.3. The van der Waals surface area contributed by atoms with Gasteiger partial charge in [-0.25, -0.2) is 22.0 Å². The molecule has 0 aliphatic heterocycles. The number of methoxy groups -OCH3 is 2. The lowest BCUT2D eigenvalue weighted by molar-refractivity contribution is 0.0760. The van der Waals surface area contributed by atoms with E-state index in [0.29, 0.717) is 26.2 Å². The molecule has 0 aliphatic carbocycles. The molecule has 0 heterocycles. The number of rotatable bonds is 13. The first kappa shape index (κ1) is 41.2. The summed E-state index contributed by atoms with van der Waals surface area (Å²) in [4.78, 5) is 28.4. The lowest BCUT2D eigenvalue weighted by atomic mass is 9.87. The van der Waals surface area contributed by atoms with Gasteiger partial charge in [0, 0.05) is 31.6 Å². The molecule has 13 heteroatoms. The minimum atomic E-state index is -4.06. The number of benzene rings is 3. The van der Waals surface area contributed by atoms with Gasteiger partial charge in [0.25, 0.3) is 11.8 Å². The maximum Gasteiger partial charge on any atom is 0.255 e. The highest BCUT2D eigenvalue weighted by Crippen LogP contribution is 2.35. The van der Waals surface area contributed by atoms with E-state index in [1.54, 1.807) is 30.0 Å². The Morgan fingerprint density at radius 2 is 1.08 bits per heavy atom. The Labute approximate surface area is 292 Å². The van der Waals surface area contributed by atoms with Crippen molar-refractivity contribution in [3.8, 4) is 11.5 Å². The molecule has 0 saturated heterocycles. The maximum absolute atomic E-state index is 13.6. The Kier molecular flexibility index (Phi) is 14.4. The van der Waals surface area contributed by atoms with Crippen molar-refractivity contribution in [2.75, 3.05) is 46.2 Å². The Hall–Kier alpha value is -3.94. The van der Waals surface area contributed by atoms with E-state index in [4.69, 9.17) is 14.6 Å². The van der Waals surface area contributed by atoms with Crippen molar-refractivity contribution in [1.82, 2.24) is 9.80 Å². The smallest absolute Gasteiger partial charge is 0.255 e. The molecule has 3 rings (SSSR count). The molecular weight excluding hydrogens is 667 g/mol. The van der Waals surface area contributed by atoms with Crippen molar-refractivity contribution < 1.29 is 35.9 Å². The number of nitrogens with two attached hydrogens (primary N) is 1. The summed E-state index contributed by atoms with van der Waals surface area (Å²) >= 11 is 0. The number of ether oxygens (including phenoxy) is 2. The number of hydrogen-bond donors (Lipinski definition) is 1. The molecule has 3 aromatic carbocycles. The average molecular weight is 718 g/mol. The quantitative estimate of drug-likeness (QED) is 0.248. The molecular formula is C36H51N3O8S2. The van der Waals surface area contributed by atoms with E-state index in [0.717, 1.165) is 16.7 Å². The van der Waals surface area contributed by atoms with Crippen LogP contribution in [0.2, 0.25) is 0 Å². The number of carbonyl (C=O) groups is 2. The Bertz CT molecular complexity index is 1830. The van der Waals surface area contributed by atoms with Gasteiger partial charge >= 0.3 is 0 Å². The number of sulfonamides is 1. The number of sulfone groups is 1. The molecule has 49 heavy (non-hydrogen) atoms. The molecule has 0 unspecified atom stereocenters. The summed E-state index contributed by atoms with van der Waals surface area (Å²) in [6.45, 7) is 16.7. The number of carbonyl (C=O) groups excluding carboxylic acids is 2. The predicted octanol–water partition coefficient (Wildman–Crippen LogP) is 5.37. The second-order valence-electron chi connectivity index (χ2n) is 12.2. The van der Waals surface area contributed by atoms with Gasteiger partial charge in [0.15, 0.2) is 9.84 Å². The second-order valence-corrected chi connectivity index (χ2v) is 15.6. The van der Waals surface area contributed by atoms with Gasteiger partial charge in [0.05, 0.1) is 31.1 Å². The summed E-state index contributed by atoms with van der Waals surface area (Å²) in [5.74, 6) is -0.511. The third-order valence-corrected chi connectivity index (χ3v) is 11.2. The van der Waals surface area contributed by atoms with Crippen molar-refractivity contribution in [2.24, 2.45) is 5.14 Å². The molecule has 2 amide bonds. The third-order valence-electron chi connectivity index (χ3n) is 8.10. The van der Waals surface area contributed by atoms with Crippen molar-refractivity contribution in [1.29, 1.82) is 0 Å². The predicted molar refractivity (Wildman–Crippen MR) is 193 cm³/mol. The number of nitrogens with zero attached hydrogens (tertiary/aromatic N) is 2. The zero-order valence-electron chi connectivity index (χ0n) is 30.3. The van der Waals surface area contributed by atoms with Crippen LogP contribution in [0.4, 0.5) is 0 Å². The van der Waals surface area contributed by atoms with Crippen molar-refractivity contribution in [3.05, 3.63) is 82.4 Å². The van der Waals surface area contributed by atoms with Crippen LogP contribution in [-0.4, -0.2) is 84.6 Å². The molecule has 270 valence electrons. The second kappa shape index (κ2) is 17.1. The van der Waals surface area contributed by atoms with Gasteiger partial charge in [-0.2, -0.15) is 0 Å². The van der Waals surface area contributed by atoms with E-state index in [1.165, 1.54) is 25.2 Å². The fourth-order valence-electron chi connectivity index (χ4n) is 5.60. The molecule has 0 spiro atoms. The Morgan fingerprint density at radius 3 is 1.45 bits per heavy atom. The van der Waals surface area contributed by atoms with Gasteiger partial charge in [-0.15, -0.1) is 0 Å². The lowest BCUT2D eigenvalue weighted by Gasteiger charge is -2.27. The van der Waals surface area contributed by atoms with Gasteiger partial charge < -0.3 is 19.3 Å². The molecule has 2 N–H and O–H groups in total. The van der Waals surface area contributed by atoms with Crippen LogP contribution in [0.25, 0.3) is 0 Å². The molecule has 11 nitrogen and oxygen atoms in total. The summed E-state index contributed by atoms with van der Waals surface area (Å²) < 4.78 is 61.2. The van der Waals surface area contributed by atoms with Gasteiger partial charge in [0.1, 0.15) is 21.3 Å². The minimum absolute atomic E-state index is 0.0218. The molecule has 0 aliphatic rings. The maximum atomic E-state index is 13.6. The average Bonchev–Trinajstić information content (AvgIpc) is 3.04. The van der Waals surface area contributed by atoms with E-state index in [1.807, 2.05) is 78.8 Å². The monoisotopic (exact) mass is 717 g/mol. The van der Waals surface area contributed by atoms with Crippen LogP contribution in [-0.2, 0) is 25.3 Å². The highest BCUT2D eigenvalue weighted by atomic mass is 32.2. The van der Waals surface area contributed by atoms with Crippen LogP contribution in [0.5, 0.6) is 11.5 Å². The highest BCUT2D eigenvalue weighted by Gasteiger charge is 2.35. The molecule has 0 saturated carbocycles. The molecule has 0 radical (unpaired) electrons. The molecule has 0 atom stereocenters. The van der Waals surface area contributed by atoms with Crippen LogP contribution in [0.15, 0.2) is 64.4 Å². The third kappa shape index (κ3) is 10.1. The highest BCUT2D eigenvalue weighted by molar-refractivity contribution is 7.91. The van der Waals surface area contributed by atoms with Gasteiger partial charge in [-0.05, 0) is 82.5 Å². The largest absolute Gasteiger partial charge is 0.495 e. The summed E-state index contributed by atoms with van der Waals surface area (Å²) in [5, 5.41) is 5.23. The summed E-state index contributed by atoms with van der Waals surface area (Å²) in [5.41, 5.74) is 2.02. The fraction of sp³-hybridized carbons (Fsp3) is 0.444. The number of primary sulfonamides is 1. The standard InChI is InChI=1S/C23H31NO4S.C13H20N2O4S/c1-7-24(8-2)22(25)19-14-17(3)15-20(28-6)21(19)29(26,27)16-23(4,5)18-12-10-9-11-13-18;1-5-15(6-2)13(16)10-7-9(3)8-11(19-4)12(10)20(14,17)18/h9-15H,7-8,16H2,1-6H3;7-8H,5-6H2,1-4H3,(H2,14,17,18). The van der Waals surface area contributed by atoms with Crippen molar-refractivity contribution in [3.63, 3.8) is 0 Å². The zero-order chi connectivity index (χ0) is 37.3. The minimum Gasteiger partial charge on any atom is -0.495 e. The number of aryl methyl sites for hydroxylation is 2.